The lowest BCUT2D eigenvalue weighted by Crippen LogP contribution is -2.28. The summed E-state index contributed by atoms with van der Waals surface area (Å²) in [7, 11) is 4.42. The number of hydrogen-bond donors (Lipinski definition) is 0. The largest absolute Gasteiger partial charge is 0.370 e. The number of para-hydroxylation sites is 1. The van der Waals surface area contributed by atoms with E-state index in [9.17, 15) is 0 Å². The lowest BCUT2D eigenvalue weighted by Gasteiger charge is -2.22. The zero-order valence-corrected chi connectivity index (χ0v) is 18.9. The Balaban J connectivity index is 0.000000170. The molecular formula is C26H41N3. The quantitative estimate of drug-likeness (QED) is 0.647. The van der Waals surface area contributed by atoms with Gasteiger partial charge in [0, 0.05) is 25.3 Å². The lowest BCUT2D eigenvalue weighted by atomic mass is 10.2. The number of likely N-dealkylation sites (N-methyl/N-ethyl adjacent to an activating group) is 1. The van der Waals surface area contributed by atoms with E-state index in [1.54, 1.807) is 0 Å². The Hall–Kier alpha value is -1.84. The van der Waals surface area contributed by atoms with Gasteiger partial charge in [0.2, 0.25) is 0 Å². The second-order valence-corrected chi connectivity index (χ2v) is 8.35. The van der Waals surface area contributed by atoms with Crippen LogP contribution in [-0.2, 0) is 0 Å². The predicted octanol–water partition coefficient (Wildman–Crippen LogP) is 5.32. The van der Waals surface area contributed by atoms with Crippen LogP contribution in [0.25, 0.3) is 0 Å². The Morgan fingerprint density at radius 3 is 1.59 bits per heavy atom. The van der Waals surface area contributed by atoms with Gasteiger partial charge in [0.25, 0.3) is 0 Å². The summed E-state index contributed by atoms with van der Waals surface area (Å²) in [5, 5.41) is 0. The molecule has 2 heterocycles. The maximum atomic E-state index is 2.48. The number of benzene rings is 2. The van der Waals surface area contributed by atoms with Gasteiger partial charge in [-0.15, -0.1) is 0 Å². The smallest absolute Gasteiger partial charge is 0.0366 e. The van der Waals surface area contributed by atoms with Crippen LogP contribution in [0, 0.1) is 6.92 Å². The molecule has 0 spiro atoms. The van der Waals surface area contributed by atoms with Crippen LogP contribution in [-0.4, -0.2) is 63.2 Å². The molecule has 29 heavy (non-hydrogen) atoms. The molecule has 160 valence electrons. The fourth-order valence-electron chi connectivity index (χ4n) is 3.71. The molecule has 2 aromatic carbocycles. The number of anilines is 1. The van der Waals surface area contributed by atoms with Crippen molar-refractivity contribution in [3.05, 3.63) is 66.2 Å². The average molecular weight is 396 g/mol. The van der Waals surface area contributed by atoms with E-state index in [0.717, 1.165) is 6.54 Å². The molecule has 4 rings (SSSR count). The molecule has 0 amide bonds. The van der Waals surface area contributed by atoms with Crippen LogP contribution in [0.4, 0.5) is 5.69 Å². The molecule has 0 aromatic heterocycles. The summed E-state index contributed by atoms with van der Waals surface area (Å²) < 4.78 is 0. The number of rotatable bonds is 1. The first kappa shape index (κ1) is 23.4. The van der Waals surface area contributed by atoms with Gasteiger partial charge in [-0.3, -0.25) is 0 Å². The summed E-state index contributed by atoms with van der Waals surface area (Å²) >= 11 is 0. The first-order chi connectivity index (χ1) is 14.1. The van der Waals surface area contributed by atoms with Gasteiger partial charge < -0.3 is 14.7 Å². The molecule has 0 atom stereocenters. The zero-order chi connectivity index (χ0) is 20.7. The van der Waals surface area contributed by atoms with Crippen molar-refractivity contribution in [1.82, 2.24) is 9.80 Å². The van der Waals surface area contributed by atoms with E-state index in [1.807, 2.05) is 18.2 Å². The highest BCUT2D eigenvalue weighted by Gasteiger charge is 2.11. The van der Waals surface area contributed by atoms with Crippen LogP contribution in [0.2, 0.25) is 0 Å². The fourth-order valence-corrected chi connectivity index (χ4v) is 3.71. The summed E-state index contributed by atoms with van der Waals surface area (Å²) in [5.74, 6) is 0. The Bertz CT molecular complexity index is 621. The van der Waals surface area contributed by atoms with Crippen molar-refractivity contribution >= 4 is 5.69 Å². The van der Waals surface area contributed by atoms with E-state index < -0.39 is 0 Å². The first-order valence-corrected chi connectivity index (χ1v) is 11.3. The molecule has 2 aliphatic heterocycles. The van der Waals surface area contributed by atoms with Crippen LogP contribution in [0.15, 0.2) is 60.7 Å². The van der Waals surface area contributed by atoms with Crippen LogP contribution in [0.5, 0.6) is 0 Å². The standard InChI is InChI=1S/C12H18N2.C7H15N.C7H8/c1-13-8-5-9-14(11-10-13)12-6-3-2-4-7-12;1-8-6-4-2-3-5-7-8;1-7-5-3-2-4-6-7/h2-4,6-7H,5,8-11H2,1H3;2-7H2,1H3;2-6H,1H3. The third-order valence-electron chi connectivity index (χ3n) is 5.61. The Labute approximate surface area is 179 Å². The Morgan fingerprint density at radius 2 is 1.03 bits per heavy atom. The number of aryl methyl sites for hydroxylation is 1. The van der Waals surface area contributed by atoms with Crippen molar-refractivity contribution in [3.63, 3.8) is 0 Å². The number of nitrogens with zero attached hydrogens (tertiary/aromatic N) is 3. The van der Waals surface area contributed by atoms with E-state index in [-0.39, 0.29) is 0 Å². The number of hydrogen-bond acceptors (Lipinski definition) is 3. The second kappa shape index (κ2) is 14.2. The molecule has 2 aromatic rings. The Morgan fingerprint density at radius 1 is 0.517 bits per heavy atom. The summed E-state index contributed by atoms with van der Waals surface area (Å²) in [5.41, 5.74) is 2.69. The molecule has 3 nitrogen and oxygen atoms in total. The van der Waals surface area contributed by atoms with Crippen LogP contribution in [0.3, 0.4) is 0 Å². The summed E-state index contributed by atoms with van der Waals surface area (Å²) in [6.45, 7) is 9.47. The van der Waals surface area contributed by atoms with Gasteiger partial charge >= 0.3 is 0 Å². The average Bonchev–Trinajstić information content (AvgIpc) is 3.12. The molecule has 2 fully saturated rings. The molecule has 0 N–H and O–H groups in total. The molecule has 0 aliphatic carbocycles. The SMILES string of the molecule is CN1CCCCCC1.CN1CCCN(c2ccccc2)CC1.Cc1ccccc1. The minimum absolute atomic E-state index is 1.15. The summed E-state index contributed by atoms with van der Waals surface area (Å²) in [4.78, 5) is 7.30. The van der Waals surface area contributed by atoms with Crippen LogP contribution in [0.1, 0.15) is 37.7 Å². The zero-order valence-electron chi connectivity index (χ0n) is 18.9. The van der Waals surface area contributed by atoms with E-state index in [0.29, 0.717) is 0 Å². The van der Waals surface area contributed by atoms with Gasteiger partial charge in [-0.2, -0.15) is 0 Å². The monoisotopic (exact) mass is 395 g/mol. The highest BCUT2D eigenvalue weighted by molar-refractivity contribution is 5.46. The normalized spacial score (nSPS) is 18.4. The maximum Gasteiger partial charge on any atom is 0.0366 e. The van der Waals surface area contributed by atoms with Crippen molar-refractivity contribution in [3.8, 4) is 0 Å². The van der Waals surface area contributed by atoms with Crippen LogP contribution >= 0.6 is 0 Å². The van der Waals surface area contributed by atoms with Gasteiger partial charge in [-0.1, -0.05) is 66.9 Å². The van der Waals surface area contributed by atoms with Crippen molar-refractivity contribution in [2.75, 3.05) is 58.3 Å². The van der Waals surface area contributed by atoms with Crippen molar-refractivity contribution in [2.45, 2.75) is 39.0 Å². The maximum absolute atomic E-state index is 2.48. The molecule has 0 radical (unpaired) electrons. The van der Waals surface area contributed by atoms with E-state index >= 15 is 0 Å². The molecular weight excluding hydrogens is 354 g/mol. The van der Waals surface area contributed by atoms with Crippen LogP contribution < -0.4 is 4.90 Å². The molecule has 3 heteroatoms. The fraction of sp³-hybridized carbons (Fsp3) is 0.538. The van der Waals surface area contributed by atoms with Gasteiger partial charge in [-0.25, -0.2) is 0 Å². The van der Waals surface area contributed by atoms with Gasteiger partial charge in [0.05, 0.1) is 0 Å². The first-order valence-electron chi connectivity index (χ1n) is 11.3. The molecule has 0 unspecified atom stereocenters. The predicted molar refractivity (Wildman–Crippen MR) is 128 cm³/mol. The van der Waals surface area contributed by atoms with Crippen molar-refractivity contribution in [2.24, 2.45) is 0 Å². The molecule has 0 saturated carbocycles. The Kier molecular flexibility index (Phi) is 11.5. The number of likely N-dealkylation sites (tertiary alicyclic amines) is 1. The van der Waals surface area contributed by atoms with Crippen molar-refractivity contribution < 1.29 is 0 Å². The molecule has 0 bridgehead atoms. The van der Waals surface area contributed by atoms with Gasteiger partial charge in [0.15, 0.2) is 0 Å². The lowest BCUT2D eigenvalue weighted by molar-refractivity contribution is 0.349. The second-order valence-electron chi connectivity index (χ2n) is 8.35. The van der Waals surface area contributed by atoms with Gasteiger partial charge in [0.1, 0.15) is 0 Å². The molecule has 2 saturated heterocycles. The molecule has 2 aliphatic rings. The minimum atomic E-state index is 1.15. The summed E-state index contributed by atoms with van der Waals surface area (Å²) in [6, 6.07) is 21.0. The third-order valence-corrected chi connectivity index (χ3v) is 5.61. The highest BCUT2D eigenvalue weighted by Crippen LogP contribution is 2.15. The minimum Gasteiger partial charge on any atom is -0.370 e. The topological polar surface area (TPSA) is 9.72 Å². The van der Waals surface area contributed by atoms with E-state index in [4.69, 9.17) is 0 Å². The van der Waals surface area contributed by atoms with Crippen molar-refractivity contribution in [1.29, 1.82) is 0 Å². The van der Waals surface area contributed by atoms with E-state index in [1.165, 1.54) is 76.1 Å². The highest BCUT2D eigenvalue weighted by atomic mass is 15.2. The van der Waals surface area contributed by atoms with Gasteiger partial charge in [-0.05, 0) is 72.0 Å². The third kappa shape index (κ3) is 10.5. The summed E-state index contributed by atoms with van der Waals surface area (Å²) in [6.07, 6.45) is 6.99. The van der Waals surface area contributed by atoms with E-state index in [2.05, 4.69) is 78.2 Å².